The minimum Gasteiger partial charge on any atom is -0.480 e. The molecule has 0 spiro atoms. The quantitative estimate of drug-likeness (QED) is 0.603. The monoisotopic (exact) mass is 384 g/mol. The van der Waals surface area contributed by atoms with Gasteiger partial charge in [-0.2, -0.15) is 0 Å². The summed E-state index contributed by atoms with van der Waals surface area (Å²) in [5, 5.41) is 11.8. The SMILES string of the molecule is COC(=O)[C@H](Cc1ccccc1)NC(=O)CN(CC(=O)O)Cc1ccccc1. The second-order valence-electron chi connectivity index (χ2n) is 6.36. The molecule has 28 heavy (non-hydrogen) atoms. The molecule has 0 heterocycles. The number of hydrogen-bond donors (Lipinski definition) is 2. The van der Waals surface area contributed by atoms with E-state index in [0.717, 1.165) is 11.1 Å². The van der Waals surface area contributed by atoms with Gasteiger partial charge in [0.2, 0.25) is 5.91 Å². The largest absolute Gasteiger partial charge is 0.480 e. The van der Waals surface area contributed by atoms with Crippen molar-refractivity contribution >= 4 is 17.8 Å². The molecule has 0 aliphatic carbocycles. The summed E-state index contributed by atoms with van der Waals surface area (Å²) in [6, 6.07) is 17.7. The third-order valence-corrected chi connectivity index (χ3v) is 4.08. The first kappa shape index (κ1) is 21.1. The molecule has 0 saturated carbocycles. The first-order chi connectivity index (χ1) is 13.5. The van der Waals surface area contributed by atoms with E-state index in [1.807, 2.05) is 60.7 Å². The summed E-state index contributed by atoms with van der Waals surface area (Å²) in [7, 11) is 1.26. The zero-order valence-corrected chi connectivity index (χ0v) is 15.7. The molecule has 7 nitrogen and oxygen atoms in total. The van der Waals surface area contributed by atoms with Crippen LogP contribution in [0.5, 0.6) is 0 Å². The van der Waals surface area contributed by atoms with Gasteiger partial charge in [-0.1, -0.05) is 60.7 Å². The summed E-state index contributed by atoms with van der Waals surface area (Å²) >= 11 is 0. The molecule has 0 unspecified atom stereocenters. The number of benzene rings is 2. The van der Waals surface area contributed by atoms with Gasteiger partial charge in [-0.15, -0.1) is 0 Å². The summed E-state index contributed by atoms with van der Waals surface area (Å²) in [6.07, 6.45) is 0.289. The van der Waals surface area contributed by atoms with Gasteiger partial charge < -0.3 is 15.2 Å². The van der Waals surface area contributed by atoms with E-state index >= 15 is 0 Å². The van der Waals surface area contributed by atoms with Gasteiger partial charge in [-0.05, 0) is 11.1 Å². The molecule has 148 valence electrons. The number of carbonyl (C=O) groups is 3. The van der Waals surface area contributed by atoms with Crippen molar-refractivity contribution in [1.29, 1.82) is 0 Å². The van der Waals surface area contributed by atoms with Crippen molar-refractivity contribution in [2.24, 2.45) is 0 Å². The van der Waals surface area contributed by atoms with Crippen LogP contribution in [0.3, 0.4) is 0 Å². The molecule has 1 amide bonds. The van der Waals surface area contributed by atoms with Gasteiger partial charge >= 0.3 is 11.9 Å². The Morgan fingerprint density at radius 2 is 1.54 bits per heavy atom. The van der Waals surface area contributed by atoms with Gasteiger partial charge in [0.25, 0.3) is 0 Å². The van der Waals surface area contributed by atoms with E-state index in [2.05, 4.69) is 5.32 Å². The molecule has 0 aliphatic heterocycles. The number of rotatable bonds is 10. The zero-order chi connectivity index (χ0) is 20.4. The van der Waals surface area contributed by atoms with E-state index in [0.29, 0.717) is 6.54 Å². The average molecular weight is 384 g/mol. The first-order valence-electron chi connectivity index (χ1n) is 8.87. The fraction of sp³-hybridized carbons (Fsp3) is 0.286. The Labute approximate surface area is 163 Å². The number of hydrogen-bond acceptors (Lipinski definition) is 5. The van der Waals surface area contributed by atoms with Gasteiger partial charge in [0.05, 0.1) is 20.2 Å². The molecular weight excluding hydrogens is 360 g/mol. The lowest BCUT2D eigenvalue weighted by Crippen LogP contribution is -2.47. The van der Waals surface area contributed by atoms with E-state index in [1.165, 1.54) is 12.0 Å². The van der Waals surface area contributed by atoms with Crippen molar-refractivity contribution in [3.05, 3.63) is 71.8 Å². The molecule has 2 aromatic rings. The fourth-order valence-corrected chi connectivity index (χ4v) is 2.83. The van der Waals surface area contributed by atoms with Crippen LogP contribution in [0.25, 0.3) is 0 Å². The van der Waals surface area contributed by atoms with Crippen LogP contribution in [0.4, 0.5) is 0 Å². The zero-order valence-electron chi connectivity index (χ0n) is 15.7. The molecule has 2 N–H and O–H groups in total. The van der Waals surface area contributed by atoms with Crippen LogP contribution in [0, 0.1) is 0 Å². The molecule has 0 aliphatic rings. The van der Waals surface area contributed by atoms with Crippen LogP contribution in [-0.2, 0) is 32.1 Å². The summed E-state index contributed by atoms with van der Waals surface area (Å²) < 4.78 is 4.79. The number of nitrogens with one attached hydrogen (secondary N) is 1. The number of carboxylic acid groups (broad SMARTS) is 1. The lowest BCUT2D eigenvalue weighted by molar-refractivity contribution is -0.145. The Balaban J connectivity index is 2.02. The van der Waals surface area contributed by atoms with Crippen LogP contribution in [0.1, 0.15) is 11.1 Å². The van der Waals surface area contributed by atoms with Crippen molar-refractivity contribution in [3.63, 3.8) is 0 Å². The van der Waals surface area contributed by atoms with Gasteiger partial charge in [0.1, 0.15) is 6.04 Å². The van der Waals surface area contributed by atoms with Crippen LogP contribution in [-0.4, -0.2) is 54.1 Å². The summed E-state index contributed by atoms with van der Waals surface area (Å²) in [4.78, 5) is 37.2. The van der Waals surface area contributed by atoms with Crippen molar-refractivity contribution < 1.29 is 24.2 Å². The highest BCUT2D eigenvalue weighted by atomic mass is 16.5. The predicted octanol–water partition coefficient (Wildman–Crippen LogP) is 1.47. The number of methoxy groups -OCH3 is 1. The Morgan fingerprint density at radius 3 is 2.07 bits per heavy atom. The van der Waals surface area contributed by atoms with E-state index in [4.69, 9.17) is 9.84 Å². The third kappa shape index (κ3) is 7.20. The van der Waals surface area contributed by atoms with E-state index in [1.54, 1.807) is 0 Å². The minimum absolute atomic E-state index is 0.149. The molecule has 0 radical (unpaired) electrons. The lowest BCUT2D eigenvalue weighted by atomic mass is 10.1. The normalized spacial score (nSPS) is 11.6. The maximum absolute atomic E-state index is 12.5. The molecule has 1 atom stereocenters. The summed E-state index contributed by atoms with van der Waals surface area (Å²) in [5.74, 6) is -2.02. The molecule has 0 saturated heterocycles. The topological polar surface area (TPSA) is 95.9 Å². The number of ether oxygens (including phenoxy) is 1. The van der Waals surface area contributed by atoms with Crippen molar-refractivity contribution in [3.8, 4) is 0 Å². The molecule has 0 bridgehead atoms. The van der Waals surface area contributed by atoms with Crippen LogP contribution >= 0.6 is 0 Å². The van der Waals surface area contributed by atoms with E-state index in [-0.39, 0.29) is 19.5 Å². The number of carbonyl (C=O) groups excluding carboxylic acids is 2. The Bertz CT molecular complexity index is 780. The Kier molecular flexibility index (Phi) is 8.17. The second kappa shape index (κ2) is 10.8. The van der Waals surface area contributed by atoms with Crippen LogP contribution in [0.2, 0.25) is 0 Å². The molecule has 7 heteroatoms. The fourth-order valence-electron chi connectivity index (χ4n) is 2.83. The lowest BCUT2D eigenvalue weighted by Gasteiger charge is -2.22. The van der Waals surface area contributed by atoms with Crippen molar-refractivity contribution in [2.75, 3.05) is 20.2 Å². The van der Waals surface area contributed by atoms with Crippen LogP contribution in [0.15, 0.2) is 60.7 Å². The van der Waals surface area contributed by atoms with Crippen molar-refractivity contribution in [2.45, 2.75) is 19.0 Å². The average Bonchev–Trinajstić information content (AvgIpc) is 2.68. The van der Waals surface area contributed by atoms with Crippen LogP contribution < -0.4 is 5.32 Å². The molecule has 0 fully saturated rings. The highest BCUT2D eigenvalue weighted by Gasteiger charge is 2.23. The Morgan fingerprint density at radius 1 is 0.964 bits per heavy atom. The number of esters is 1. The van der Waals surface area contributed by atoms with E-state index in [9.17, 15) is 14.4 Å². The first-order valence-corrected chi connectivity index (χ1v) is 8.87. The standard InChI is InChI=1S/C21H24N2O5/c1-28-21(27)18(12-16-8-4-2-5-9-16)22-19(24)14-23(15-20(25)26)13-17-10-6-3-7-11-17/h2-11,18H,12-15H2,1H3,(H,22,24)(H,25,26)/t18-/m0/s1. The summed E-state index contributed by atoms with van der Waals surface area (Å²) in [5.41, 5.74) is 1.77. The number of aliphatic carboxylic acids is 1. The molecule has 2 aromatic carbocycles. The highest BCUT2D eigenvalue weighted by Crippen LogP contribution is 2.06. The van der Waals surface area contributed by atoms with Crippen molar-refractivity contribution in [1.82, 2.24) is 10.2 Å². The molecular formula is C21H24N2O5. The van der Waals surface area contributed by atoms with Gasteiger partial charge in [-0.25, -0.2) is 4.79 Å². The maximum Gasteiger partial charge on any atom is 0.328 e. The number of nitrogens with zero attached hydrogens (tertiary/aromatic N) is 1. The smallest absolute Gasteiger partial charge is 0.328 e. The second-order valence-corrected chi connectivity index (χ2v) is 6.36. The van der Waals surface area contributed by atoms with E-state index < -0.39 is 23.9 Å². The van der Waals surface area contributed by atoms with Gasteiger partial charge in [0, 0.05) is 13.0 Å². The molecule has 2 rings (SSSR count). The maximum atomic E-state index is 12.5. The minimum atomic E-state index is -1.03. The predicted molar refractivity (Wildman–Crippen MR) is 103 cm³/mol. The van der Waals surface area contributed by atoms with Gasteiger partial charge in [-0.3, -0.25) is 14.5 Å². The molecule has 0 aromatic heterocycles. The number of amides is 1. The third-order valence-electron chi connectivity index (χ3n) is 4.08. The van der Waals surface area contributed by atoms with Gasteiger partial charge in [0.15, 0.2) is 0 Å². The number of carboxylic acids is 1. The highest BCUT2D eigenvalue weighted by molar-refractivity contribution is 5.86. The summed E-state index contributed by atoms with van der Waals surface area (Å²) in [6.45, 7) is -0.129. The Hall–Kier alpha value is -3.19.